The number of amides is 4. The number of hydrogen-bond acceptors (Lipinski definition) is 5. The van der Waals surface area contributed by atoms with Crippen LogP contribution in [0.4, 0.5) is 4.79 Å². The van der Waals surface area contributed by atoms with Gasteiger partial charge in [-0.05, 0) is 42.3 Å². The van der Waals surface area contributed by atoms with Gasteiger partial charge >= 0.3 is 6.03 Å². The maximum absolute atomic E-state index is 12.6. The number of nitrogens with one attached hydrogen (secondary N) is 2. The highest BCUT2D eigenvalue weighted by Crippen LogP contribution is 2.32. The summed E-state index contributed by atoms with van der Waals surface area (Å²) in [4.78, 5) is 37.0. The molecule has 2 aromatic carbocycles. The van der Waals surface area contributed by atoms with Crippen molar-refractivity contribution in [1.29, 1.82) is 0 Å². The van der Waals surface area contributed by atoms with Crippen molar-refractivity contribution in [2.75, 3.05) is 19.8 Å². The average molecular weight is 395 g/mol. The van der Waals surface area contributed by atoms with Crippen LogP contribution in [0.5, 0.6) is 11.5 Å². The van der Waals surface area contributed by atoms with Crippen LogP contribution in [0, 0.1) is 0 Å². The Morgan fingerprint density at radius 1 is 1.10 bits per heavy atom. The monoisotopic (exact) mass is 395 g/mol. The average Bonchev–Trinajstić information content (AvgIpc) is 3.06. The molecule has 2 aliphatic heterocycles. The van der Waals surface area contributed by atoms with Crippen molar-refractivity contribution in [2.24, 2.45) is 0 Å². The summed E-state index contributed by atoms with van der Waals surface area (Å²) >= 11 is 0. The summed E-state index contributed by atoms with van der Waals surface area (Å²) in [7, 11) is 0. The number of carbonyl (C=O) groups excluding carboxylic acids is 3. The largest absolute Gasteiger partial charge is 0.486 e. The molecule has 0 saturated carbocycles. The number of hydrogen-bond donors (Lipinski definition) is 2. The van der Waals surface area contributed by atoms with Gasteiger partial charge < -0.3 is 20.1 Å². The summed E-state index contributed by atoms with van der Waals surface area (Å²) in [6.45, 7) is 3.14. The van der Waals surface area contributed by atoms with Crippen LogP contribution in [-0.4, -0.2) is 42.5 Å². The van der Waals surface area contributed by atoms with Crippen molar-refractivity contribution in [2.45, 2.75) is 19.5 Å². The quantitative estimate of drug-likeness (QED) is 0.755. The van der Waals surface area contributed by atoms with Gasteiger partial charge in [0.15, 0.2) is 11.5 Å². The van der Waals surface area contributed by atoms with E-state index < -0.39 is 6.03 Å². The zero-order valence-corrected chi connectivity index (χ0v) is 15.9. The van der Waals surface area contributed by atoms with Crippen LogP contribution in [0.3, 0.4) is 0 Å². The minimum absolute atomic E-state index is 0.0249. The van der Waals surface area contributed by atoms with E-state index >= 15 is 0 Å². The second-order valence-electron chi connectivity index (χ2n) is 6.93. The first-order valence-corrected chi connectivity index (χ1v) is 9.39. The van der Waals surface area contributed by atoms with Gasteiger partial charge in [-0.1, -0.05) is 18.2 Å². The molecule has 0 spiro atoms. The Balaban J connectivity index is 1.39. The normalized spacial score (nSPS) is 16.4. The minimum atomic E-state index is -0.398. The molecule has 29 heavy (non-hydrogen) atoms. The molecule has 2 N–H and O–H groups in total. The van der Waals surface area contributed by atoms with Gasteiger partial charge in [-0.25, -0.2) is 4.79 Å². The summed E-state index contributed by atoms with van der Waals surface area (Å²) in [5.41, 5.74) is 2.18. The molecule has 8 nitrogen and oxygen atoms in total. The third-order valence-corrected chi connectivity index (χ3v) is 4.91. The van der Waals surface area contributed by atoms with Gasteiger partial charge in [0.05, 0.1) is 19.1 Å². The lowest BCUT2D eigenvalue weighted by molar-refractivity contribution is -0.125. The lowest BCUT2D eigenvalue weighted by Gasteiger charge is -2.21. The number of carbonyl (C=O) groups is 3. The van der Waals surface area contributed by atoms with Crippen molar-refractivity contribution >= 4 is 17.8 Å². The summed E-state index contributed by atoms with van der Waals surface area (Å²) in [5.74, 6) is 0.915. The standard InChI is InChI=1S/C21H21N3O5/c1-13(16-6-7-17-18(10-16)29-9-8-28-17)23-20(26)15-4-2-14(3-5-15)12-24-19(25)11-22-21(24)27/h2-7,10,13H,8-9,11-12H2,1H3,(H,22,27)(H,23,26)/t13-/m0/s1. The summed E-state index contributed by atoms with van der Waals surface area (Å²) < 4.78 is 11.1. The molecule has 0 aliphatic carbocycles. The SMILES string of the molecule is C[C@H](NC(=O)c1ccc(CN2C(=O)CNC2=O)cc1)c1ccc2c(c1)OCCO2. The molecule has 4 rings (SSSR count). The Bertz CT molecular complexity index is 941. The van der Waals surface area contributed by atoms with E-state index in [4.69, 9.17) is 9.47 Å². The first-order valence-electron chi connectivity index (χ1n) is 9.39. The third-order valence-electron chi connectivity index (χ3n) is 4.91. The predicted octanol–water partition coefficient (Wildman–Crippen LogP) is 2.00. The minimum Gasteiger partial charge on any atom is -0.486 e. The molecule has 0 aromatic heterocycles. The fraction of sp³-hybridized carbons (Fsp3) is 0.286. The second kappa shape index (κ2) is 7.83. The van der Waals surface area contributed by atoms with Crippen molar-refractivity contribution in [3.63, 3.8) is 0 Å². The van der Waals surface area contributed by atoms with E-state index in [2.05, 4.69) is 10.6 Å². The second-order valence-corrected chi connectivity index (χ2v) is 6.93. The number of imide groups is 1. The summed E-state index contributed by atoms with van der Waals surface area (Å²) in [6.07, 6.45) is 0. The lowest BCUT2D eigenvalue weighted by Crippen LogP contribution is -2.30. The molecule has 1 fully saturated rings. The summed E-state index contributed by atoms with van der Waals surface area (Å²) in [5, 5.41) is 5.44. The lowest BCUT2D eigenvalue weighted by atomic mass is 10.1. The maximum Gasteiger partial charge on any atom is 0.324 e. The van der Waals surface area contributed by atoms with E-state index in [1.807, 2.05) is 25.1 Å². The van der Waals surface area contributed by atoms with Crippen molar-refractivity contribution < 1.29 is 23.9 Å². The Labute approximate surface area is 167 Å². The van der Waals surface area contributed by atoms with Crippen LogP contribution in [0.15, 0.2) is 42.5 Å². The Morgan fingerprint density at radius 3 is 2.52 bits per heavy atom. The Morgan fingerprint density at radius 2 is 1.83 bits per heavy atom. The van der Waals surface area contributed by atoms with Crippen LogP contribution < -0.4 is 20.1 Å². The first kappa shape index (κ1) is 18.8. The molecular weight excluding hydrogens is 374 g/mol. The van der Waals surface area contributed by atoms with E-state index in [1.54, 1.807) is 24.3 Å². The van der Waals surface area contributed by atoms with E-state index in [9.17, 15) is 14.4 Å². The van der Waals surface area contributed by atoms with Crippen LogP contribution in [0.1, 0.15) is 34.5 Å². The van der Waals surface area contributed by atoms with Crippen LogP contribution in [0.25, 0.3) is 0 Å². The molecule has 0 unspecified atom stereocenters. The third kappa shape index (κ3) is 4.01. The molecule has 1 saturated heterocycles. The van der Waals surface area contributed by atoms with Crippen LogP contribution in [-0.2, 0) is 11.3 Å². The maximum atomic E-state index is 12.6. The number of urea groups is 1. The first-order chi connectivity index (χ1) is 14.0. The molecule has 0 radical (unpaired) electrons. The van der Waals surface area contributed by atoms with Gasteiger partial charge in [-0.15, -0.1) is 0 Å². The molecule has 1 atom stereocenters. The number of rotatable bonds is 5. The molecule has 2 aromatic rings. The van der Waals surface area contributed by atoms with Gasteiger partial charge in [-0.2, -0.15) is 0 Å². The smallest absolute Gasteiger partial charge is 0.324 e. The van der Waals surface area contributed by atoms with Crippen molar-refractivity contribution in [3.8, 4) is 11.5 Å². The van der Waals surface area contributed by atoms with E-state index in [-0.39, 0.29) is 30.9 Å². The highest BCUT2D eigenvalue weighted by Gasteiger charge is 2.28. The number of benzene rings is 2. The number of nitrogens with zero attached hydrogens (tertiary/aromatic N) is 1. The van der Waals surface area contributed by atoms with Crippen molar-refractivity contribution in [1.82, 2.24) is 15.5 Å². The molecular formula is C21H21N3O5. The molecule has 4 amide bonds. The highest BCUT2D eigenvalue weighted by atomic mass is 16.6. The molecule has 2 heterocycles. The highest BCUT2D eigenvalue weighted by molar-refractivity contribution is 6.01. The number of fused-ring (bicyclic) bond motifs is 1. The molecule has 150 valence electrons. The Hall–Kier alpha value is -3.55. The van der Waals surface area contributed by atoms with E-state index in [0.29, 0.717) is 30.3 Å². The molecule has 0 bridgehead atoms. The van der Waals surface area contributed by atoms with Crippen LogP contribution >= 0.6 is 0 Å². The Kier molecular flexibility index (Phi) is 5.07. The van der Waals surface area contributed by atoms with Gasteiger partial charge in [0, 0.05) is 5.56 Å². The molecule has 2 aliphatic rings. The zero-order valence-electron chi connectivity index (χ0n) is 15.9. The number of ether oxygens (including phenoxy) is 2. The van der Waals surface area contributed by atoms with E-state index in [0.717, 1.165) is 16.0 Å². The van der Waals surface area contributed by atoms with Gasteiger partial charge in [0.1, 0.15) is 13.2 Å². The molecule has 8 heteroatoms. The zero-order chi connectivity index (χ0) is 20.4. The van der Waals surface area contributed by atoms with Gasteiger partial charge in [-0.3, -0.25) is 14.5 Å². The van der Waals surface area contributed by atoms with Crippen LogP contribution in [0.2, 0.25) is 0 Å². The van der Waals surface area contributed by atoms with Gasteiger partial charge in [0.2, 0.25) is 5.91 Å². The fourth-order valence-corrected chi connectivity index (χ4v) is 3.25. The van der Waals surface area contributed by atoms with Crippen molar-refractivity contribution in [3.05, 3.63) is 59.2 Å². The predicted molar refractivity (Wildman–Crippen MR) is 104 cm³/mol. The summed E-state index contributed by atoms with van der Waals surface area (Å²) in [6, 6.07) is 11.8. The van der Waals surface area contributed by atoms with E-state index in [1.165, 1.54) is 0 Å². The fourth-order valence-electron chi connectivity index (χ4n) is 3.25. The topological polar surface area (TPSA) is 97.0 Å². The van der Waals surface area contributed by atoms with Gasteiger partial charge in [0.25, 0.3) is 5.91 Å².